The summed E-state index contributed by atoms with van der Waals surface area (Å²) >= 11 is 1.65. The monoisotopic (exact) mass is 267 g/mol. The highest BCUT2D eigenvalue weighted by atomic mass is 32.1. The highest BCUT2D eigenvalue weighted by molar-refractivity contribution is 7.07. The zero-order valence-corrected chi connectivity index (χ0v) is 10.9. The lowest BCUT2D eigenvalue weighted by Gasteiger charge is -2.15. The Morgan fingerprint density at radius 2 is 1.94 bits per heavy atom. The number of benzene rings is 1. The van der Waals surface area contributed by atoms with E-state index in [1.165, 1.54) is 23.8 Å². The second-order valence-electron chi connectivity index (χ2n) is 4.19. The molecule has 0 aliphatic heterocycles. The van der Waals surface area contributed by atoms with Gasteiger partial charge in [-0.25, -0.2) is 8.78 Å². The third-order valence-electron chi connectivity index (χ3n) is 2.88. The smallest absolute Gasteiger partial charge is 0.130 e. The van der Waals surface area contributed by atoms with Gasteiger partial charge in [0.2, 0.25) is 0 Å². The molecule has 1 heterocycles. The molecule has 1 atom stereocenters. The van der Waals surface area contributed by atoms with Crippen molar-refractivity contribution in [3.05, 3.63) is 57.8 Å². The fourth-order valence-corrected chi connectivity index (χ4v) is 2.60. The second kappa shape index (κ2) is 6.07. The van der Waals surface area contributed by atoms with Crippen molar-refractivity contribution < 1.29 is 8.78 Å². The lowest BCUT2D eigenvalue weighted by atomic mass is 10.1. The fraction of sp³-hybridized carbons (Fsp3) is 0.286. The van der Waals surface area contributed by atoms with Crippen LogP contribution in [0.1, 0.15) is 24.1 Å². The molecule has 0 fully saturated rings. The summed E-state index contributed by atoms with van der Waals surface area (Å²) in [7, 11) is 0. The van der Waals surface area contributed by atoms with E-state index in [0.717, 1.165) is 6.42 Å². The van der Waals surface area contributed by atoms with Crippen molar-refractivity contribution in [2.75, 3.05) is 6.54 Å². The zero-order valence-electron chi connectivity index (χ0n) is 10.1. The Balaban J connectivity index is 1.93. The zero-order chi connectivity index (χ0) is 13.0. The molecule has 0 spiro atoms. The molecule has 0 aliphatic carbocycles. The van der Waals surface area contributed by atoms with Crippen LogP contribution >= 0.6 is 11.3 Å². The van der Waals surface area contributed by atoms with E-state index in [9.17, 15) is 8.78 Å². The molecule has 1 nitrogen and oxygen atoms in total. The van der Waals surface area contributed by atoms with Gasteiger partial charge < -0.3 is 5.32 Å². The van der Waals surface area contributed by atoms with Crippen molar-refractivity contribution in [2.45, 2.75) is 19.4 Å². The first-order valence-electron chi connectivity index (χ1n) is 5.87. The van der Waals surface area contributed by atoms with E-state index in [1.54, 1.807) is 18.3 Å². The van der Waals surface area contributed by atoms with Crippen LogP contribution in [0.25, 0.3) is 0 Å². The Morgan fingerprint density at radius 1 is 1.22 bits per heavy atom. The van der Waals surface area contributed by atoms with Gasteiger partial charge in [0.05, 0.1) is 0 Å². The van der Waals surface area contributed by atoms with Crippen LogP contribution in [-0.2, 0) is 6.42 Å². The van der Waals surface area contributed by atoms with Crippen LogP contribution in [0.3, 0.4) is 0 Å². The Kier molecular flexibility index (Phi) is 4.44. The topological polar surface area (TPSA) is 12.0 Å². The number of hydrogen-bond acceptors (Lipinski definition) is 2. The van der Waals surface area contributed by atoms with E-state index in [-0.39, 0.29) is 11.6 Å². The summed E-state index contributed by atoms with van der Waals surface area (Å²) in [4.78, 5) is 0. The van der Waals surface area contributed by atoms with Crippen molar-refractivity contribution in [2.24, 2.45) is 0 Å². The summed E-state index contributed by atoms with van der Waals surface area (Å²) in [5, 5.41) is 7.25. The standard InChI is InChI=1S/C14H15F2NS/c1-10(14-12(15)3-2-4-13(14)16)17-7-5-11-6-8-18-9-11/h2-4,6,8-10,17H,5,7H2,1H3. The summed E-state index contributed by atoms with van der Waals surface area (Å²) in [6, 6.07) is 5.68. The molecule has 4 heteroatoms. The lowest BCUT2D eigenvalue weighted by molar-refractivity contribution is 0.490. The first kappa shape index (κ1) is 13.2. The number of thiophene rings is 1. The van der Waals surface area contributed by atoms with Gasteiger partial charge in [-0.15, -0.1) is 0 Å². The van der Waals surface area contributed by atoms with Crippen LogP contribution in [0.2, 0.25) is 0 Å². The van der Waals surface area contributed by atoms with Crippen LogP contribution in [-0.4, -0.2) is 6.54 Å². The minimum absolute atomic E-state index is 0.114. The van der Waals surface area contributed by atoms with Gasteiger partial charge in [-0.05, 0) is 54.4 Å². The maximum Gasteiger partial charge on any atom is 0.130 e. The molecule has 1 aromatic heterocycles. The summed E-state index contributed by atoms with van der Waals surface area (Å²) in [5.41, 5.74) is 1.36. The van der Waals surface area contributed by atoms with Gasteiger partial charge in [-0.3, -0.25) is 0 Å². The summed E-state index contributed by atoms with van der Waals surface area (Å²) < 4.78 is 27.0. The average Bonchev–Trinajstić information content (AvgIpc) is 2.82. The van der Waals surface area contributed by atoms with E-state index in [1.807, 2.05) is 5.38 Å². The van der Waals surface area contributed by atoms with Crippen molar-refractivity contribution in [3.8, 4) is 0 Å². The second-order valence-corrected chi connectivity index (χ2v) is 4.97. The van der Waals surface area contributed by atoms with Crippen molar-refractivity contribution >= 4 is 11.3 Å². The molecule has 18 heavy (non-hydrogen) atoms. The highest BCUT2D eigenvalue weighted by Crippen LogP contribution is 2.20. The van der Waals surface area contributed by atoms with Crippen LogP contribution in [0, 0.1) is 11.6 Å². The highest BCUT2D eigenvalue weighted by Gasteiger charge is 2.14. The van der Waals surface area contributed by atoms with E-state index in [4.69, 9.17) is 0 Å². The van der Waals surface area contributed by atoms with Gasteiger partial charge in [0.1, 0.15) is 11.6 Å². The lowest BCUT2D eigenvalue weighted by Crippen LogP contribution is -2.23. The minimum Gasteiger partial charge on any atom is -0.310 e. The Labute approximate surface area is 109 Å². The molecule has 1 aromatic carbocycles. The van der Waals surface area contributed by atoms with E-state index < -0.39 is 11.6 Å². The molecule has 0 radical (unpaired) electrons. The molecule has 0 aliphatic rings. The van der Waals surface area contributed by atoms with Gasteiger partial charge in [-0.2, -0.15) is 11.3 Å². The van der Waals surface area contributed by atoms with Crippen LogP contribution in [0.4, 0.5) is 8.78 Å². The Hall–Kier alpha value is -1.26. The van der Waals surface area contributed by atoms with Crippen molar-refractivity contribution in [1.29, 1.82) is 0 Å². The van der Waals surface area contributed by atoms with Gasteiger partial charge in [-0.1, -0.05) is 6.07 Å². The Morgan fingerprint density at radius 3 is 2.56 bits per heavy atom. The number of nitrogens with one attached hydrogen (secondary N) is 1. The normalized spacial score (nSPS) is 12.6. The molecule has 0 saturated carbocycles. The van der Waals surface area contributed by atoms with Gasteiger partial charge in [0.25, 0.3) is 0 Å². The predicted molar refractivity (Wildman–Crippen MR) is 70.8 cm³/mol. The molecule has 96 valence electrons. The van der Waals surface area contributed by atoms with E-state index in [0.29, 0.717) is 6.54 Å². The third-order valence-corrected chi connectivity index (χ3v) is 3.61. The van der Waals surface area contributed by atoms with Crippen LogP contribution < -0.4 is 5.32 Å². The minimum atomic E-state index is -0.495. The largest absolute Gasteiger partial charge is 0.310 e. The summed E-state index contributed by atoms with van der Waals surface area (Å²) in [5.74, 6) is -0.990. The number of rotatable bonds is 5. The molecule has 0 saturated heterocycles. The molecule has 2 aromatic rings. The van der Waals surface area contributed by atoms with E-state index in [2.05, 4.69) is 16.8 Å². The molecule has 0 bridgehead atoms. The molecule has 0 amide bonds. The molecular formula is C14H15F2NS. The quantitative estimate of drug-likeness (QED) is 0.865. The SMILES string of the molecule is CC(NCCc1ccsc1)c1c(F)cccc1F. The first-order chi connectivity index (χ1) is 8.68. The Bertz CT molecular complexity index is 476. The van der Waals surface area contributed by atoms with Gasteiger partial charge >= 0.3 is 0 Å². The van der Waals surface area contributed by atoms with Gasteiger partial charge in [0, 0.05) is 11.6 Å². The van der Waals surface area contributed by atoms with E-state index >= 15 is 0 Å². The molecule has 1 unspecified atom stereocenters. The predicted octanol–water partition coefficient (Wildman–Crippen LogP) is 3.92. The van der Waals surface area contributed by atoms with Crippen molar-refractivity contribution in [1.82, 2.24) is 5.32 Å². The number of hydrogen-bond donors (Lipinski definition) is 1. The first-order valence-corrected chi connectivity index (χ1v) is 6.81. The molecule has 1 N–H and O–H groups in total. The fourth-order valence-electron chi connectivity index (χ4n) is 1.89. The molecule has 2 rings (SSSR count). The average molecular weight is 267 g/mol. The summed E-state index contributed by atoms with van der Waals surface area (Å²) in [6.45, 7) is 2.47. The van der Waals surface area contributed by atoms with Crippen molar-refractivity contribution in [3.63, 3.8) is 0 Å². The molecular weight excluding hydrogens is 252 g/mol. The summed E-state index contributed by atoms with van der Waals surface area (Å²) in [6.07, 6.45) is 0.865. The maximum absolute atomic E-state index is 13.5. The van der Waals surface area contributed by atoms with Crippen LogP contribution in [0.5, 0.6) is 0 Å². The van der Waals surface area contributed by atoms with Gasteiger partial charge in [0.15, 0.2) is 0 Å². The number of halogens is 2. The van der Waals surface area contributed by atoms with Crippen LogP contribution in [0.15, 0.2) is 35.0 Å². The maximum atomic E-state index is 13.5. The third kappa shape index (κ3) is 3.15.